The average Bonchev–Trinajstić information content (AvgIpc) is 3.00. The second kappa shape index (κ2) is 7.55. The summed E-state index contributed by atoms with van der Waals surface area (Å²) in [6.07, 6.45) is 0.670. The second-order valence-corrected chi connectivity index (χ2v) is 7.12. The molecular formula is C12H16ClN2O4S2-. The standard InChI is InChI=1S/C12H17ClN2O4S2/c1-2-19-12(16)8-14-6-5-9(7-14)15(21(17)18)11-4-3-10(13)20-11/h3-4,9H,2,5-8H2,1H3,(H,17,18)/p-1. The Morgan fingerprint density at radius 2 is 2.43 bits per heavy atom. The number of thiophene rings is 1. The van der Waals surface area contributed by atoms with Gasteiger partial charge >= 0.3 is 5.97 Å². The minimum atomic E-state index is -2.37. The molecule has 0 radical (unpaired) electrons. The number of hydrogen-bond donors (Lipinski definition) is 0. The SMILES string of the molecule is CCOC(=O)CN1CCC(N(c2ccc(Cl)s2)S(=O)[O-])C1. The van der Waals surface area contributed by atoms with E-state index in [2.05, 4.69) is 0 Å². The topological polar surface area (TPSA) is 72.9 Å². The van der Waals surface area contributed by atoms with Crippen LogP contribution in [0.3, 0.4) is 0 Å². The molecule has 0 N–H and O–H groups in total. The van der Waals surface area contributed by atoms with E-state index in [0.717, 1.165) is 0 Å². The number of carbonyl (C=O) groups excluding carboxylic acids is 1. The predicted molar refractivity (Wildman–Crippen MR) is 82.2 cm³/mol. The molecule has 0 bridgehead atoms. The second-order valence-electron chi connectivity index (χ2n) is 4.60. The first-order chi connectivity index (χ1) is 10.0. The van der Waals surface area contributed by atoms with Crippen LogP contribution < -0.4 is 4.31 Å². The maximum Gasteiger partial charge on any atom is 0.320 e. The van der Waals surface area contributed by atoms with Crippen LogP contribution in [0.5, 0.6) is 0 Å². The number of hydrogen-bond acceptors (Lipinski definition) is 6. The molecule has 2 heterocycles. The molecule has 21 heavy (non-hydrogen) atoms. The molecule has 118 valence electrons. The maximum atomic E-state index is 11.5. The van der Waals surface area contributed by atoms with Gasteiger partial charge in [-0.1, -0.05) is 11.6 Å². The summed E-state index contributed by atoms with van der Waals surface area (Å²) < 4.78 is 29.8. The summed E-state index contributed by atoms with van der Waals surface area (Å²) in [6, 6.07) is 3.18. The number of likely N-dealkylation sites (tertiary alicyclic amines) is 1. The highest BCUT2D eigenvalue weighted by Gasteiger charge is 2.30. The summed E-state index contributed by atoms with van der Waals surface area (Å²) >= 11 is 4.72. The Bertz CT molecular complexity index is 525. The van der Waals surface area contributed by atoms with Crippen molar-refractivity contribution in [3.8, 4) is 0 Å². The van der Waals surface area contributed by atoms with Gasteiger partial charge in [-0.3, -0.25) is 18.2 Å². The summed E-state index contributed by atoms with van der Waals surface area (Å²) in [5.74, 6) is -0.285. The third kappa shape index (κ3) is 4.40. The Balaban J connectivity index is 2.00. The van der Waals surface area contributed by atoms with E-state index in [4.69, 9.17) is 16.3 Å². The molecule has 1 saturated heterocycles. The van der Waals surface area contributed by atoms with Gasteiger partial charge in [-0.15, -0.1) is 11.3 Å². The average molecular weight is 352 g/mol. The maximum absolute atomic E-state index is 11.5. The predicted octanol–water partition coefficient (Wildman–Crippen LogP) is 1.64. The monoisotopic (exact) mass is 351 g/mol. The van der Waals surface area contributed by atoms with Gasteiger partial charge in [-0.05, 0) is 25.5 Å². The quantitative estimate of drug-likeness (QED) is 0.575. The molecule has 0 spiro atoms. The van der Waals surface area contributed by atoms with Crippen molar-refractivity contribution in [1.29, 1.82) is 0 Å². The molecule has 6 nitrogen and oxygen atoms in total. The number of esters is 1. The third-order valence-corrected chi connectivity index (χ3v) is 5.34. The van der Waals surface area contributed by atoms with E-state index < -0.39 is 11.3 Å². The van der Waals surface area contributed by atoms with Crippen molar-refractivity contribution in [2.24, 2.45) is 0 Å². The number of anilines is 1. The number of nitrogens with zero attached hydrogens (tertiary/aromatic N) is 2. The van der Waals surface area contributed by atoms with Crippen LogP contribution in [0.2, 0.25) is 4.34 Å². The summed E-state index contributed by atoms with van der Waals surface area (Å²) in [6.45, 7) is 3.46. The van der Waals surface area contributed by atoms with Gasteiger partial charge in [0.1, 0.15) is 5.00 Å². The summed E-state index contributed by atoms with van der Waals surface area (Å²) in [5.41, 5.74) is 0. The molecule has 0 aromatic carbocycles. The molecule has 2 rings (SSSR count). The van der Waals surface area contributed by atoms with Gasteiger partial charge in [0.25, 0.3) is 0 Å². The van der Waals surface area contributed by atoms with E-state index in [0.29, 0.717) is 35.5 Å². The van der Waals surface area contributed by atoms with Gasteiger partial charge in [0, 0.05) is 24.4 Å². The molecule has 0 aliphatic carbocycles. The number of carbonyl (C=O) groups is 1. The van der Waals surface area contributed by atoms with E-state index in [9.17, 15) is 13.6 Å². The number of halogens is 1. The van der Waals surface area contributed by atoms with E-state index in [1.165, 1.54) is 15.6 Å². The summed E-state index contributed by atoms with van der Waals surface area (Å²) in [4.78, 5) is 13.4. The number of ether oxygens (including phenoxy) is 1. The molecule has 1 fully saturated rings. The Morgan fingerprint density at radius 1 is 1.67 bits per heavy atom. The van der Waals surface area contributed by atoms with Crippen LogP contribution >= 0.6 is 22.9 Å². The Hall–Kier alpha value is -0.670. The lowest BCUT2D eigenvalue weighted by atomic mass is 10.3. The van der Waals surface area contributed by atoms with Crippen LogP contribution in [0.15, 0.2) is 12.1 Å². The fraction of sp³-hybridized carbons (Fsp3) is 0.583. The minimum Gasteiger partial charge on any atom is -0.755 e. The number of rotatable bonds is 6. The first-order valence-electron chi connectivity index (χ1n) is 6.53. The smallest absolute Gasteiger partial charge is 0.320 e. The molecule has 1 aliphatic heterocycles. The van der Waals surface area contributed by atoms with Crippen LogP contribution in [0.25, 0.3) is 0 Å². The van der Waals surface area contributed by atoms with E-state index >= 15 is 0 Å². The highest BCUT2D eigenvalue weighted by Crippen LogP contribution is 2.33. The van der Waals surface area contributed by atoms with Gasteiger partial charge in [0.05, 0.1) is 23.5 Å². The van der Waals surface area contributed by atoms with E-state index in [1.807, 2.05) is 4.90 Å². The van der Waals surface area contributed by atoms with Crippen molar-refractivity contribution in [3.05, 3.63) is 16.5 Å². The first kappa shape index (κ1) is 16.7. The summed E-state index contributed by atoms with van der Waals surface area (Å²) in [7, 11) is 0. The highest BCUT2D eigenvalue weighted by molar-refractivity contribution is 7.81. The van der Waals surface area contributed by atoms with Crippen molar-refractivity contribution in [2.45, 2.75) is 19.4 Å². The van der Waals surface area contributed by atoms with Crippen molar-refractivity contribution in [2.75, 3.05) is 30.5 Å². The zero-order chi connectivity index (χ0) is 15.4. The largest absolute Gasteiger partial charge is 0.755 e. The molecule has 0 saturated carbocycles. The zero-order valence-corrected chi connectivity index (χ0v) is 13.9. The Kier molecular flexibility index (Phi) is 6.00. The van der Waals surface area contributed by atoms with E-state index in [1.54, 1.807) is 19.1 Å². The molecule has 0 amide bonds. The fourth-order valence-electron chi connectivity index (χ4n) is 2.33. The van der Waals surface area contributed by atoms with Gasteiger partial charge in [0.2, 0.25) is 0 Å². The molecule has 1 aliphatic rings. The molecule has 9 heteroatoms. The zero-order valence-electron chi connectivity index (χ0n) is 11.5. The third-order valence-electron chi connectivity index (χ3n) is 3.17. The Morgan fingerprint density at radius 3 is 3.00 bits per heavy atom. The molecular weight excluding hydrogens is 336 g/mol. The highest BCUT2D eigenvalue weighted by atomic mass is 35.5. The van der Waals surface area contributed by atoms with Crippen molar-refractivity contribution in [1.82, 2.24) is 4.90 Å². The van der Waals surface area contributed by atoms with E-state index in [-0.39, 0.29) is 18.6 Å². The lowest BCUT2D eigenvalue weighted by Crippen LogP contribution is -2.39. The lowest BCUT2D eigenvalue weighted by molar-refractivity contribution is -0.144. The lowest BCUT2D eigenvalue weighted by Gasteiger charge is -2.30. The van der Waals surface area contributed by atoms with Crippen LogP contribution in [0, 0.1) is 0 Å². The first-order valence-corrected chi connectivity index (χ1v) is 8.75. The van der Waals surface area contributed by atoms with Gasteiger partial charge in [-0.25, -0.2) is 0 Å². The van der Waals surface area contributed by atoms with Crippen LogP contribution in [-0.2, 0) is 20.8 Å². The molecule has 1 aromatic rings. The van der Waals surface area contributed by atoms with Crippen molar-refractivity contribution < 1.29 is 18.3 Å². The van der Waals surface area contributed by atoms with Crippen LogP contribution in [-0.4, -0.2) is 51.9 Å². The minimum absolute atomic E-state index is 0.188. The Labute approximate surface area is 135 Å². The normalized spacial score (nSPS) is 20.4. The van der Waals surface area contributed by atoms with Crippen LogP contribution in [0.4, 0.5) is 5.00 Å². The van der Waals surface area contributed by atoms with Crippen LogP contribution in [0.1, 0.15) is 13.3 Å². The van der Waals surface area contributed by atoms with Crippen molar-refractivity contribution in [3.63, 3.8) is 0 Å². The van der Waals surface area contributed by atoms with Gasteiger partial charge in [0.15, 0.2) is 0 Å². The molecule has 1 aromatic heterocycles. The molecule has 2 atom stereocenters. The van der Waals surface area contributed by atoms with Gasteiger partial charge < -0.3 is 9.29 Å². The van der Waals surface area contributed by atoms with Gasteiger partial charge in [-0.2, -0.15) is 0 Å². The molecule has 2 unspecified atom stereocenters. The summed E-state index contributed by atoms with van der Waals surface area (Å²) in [5, 5.41) is 0.594. The van der Waals surface area contributed by atoms with Crippen molar-refractivity contribution >= 4 is 45.2 Å². The fourth-order valence-corrected chi connectivity index (χ4v) is 4.26.